The molecule has 4 rings (SSSR count). The highest BCUT2D eigenvalue weighted by Crippen LogP contribution is 2.36. The maximum atomic E-state index is 13.7. The van der Waals surface area contributed by atoms with Crippen molar-refractivity contribution in [1.29, 1.82) is 0 Å². The molecule has 2 amide bonds. The van der Waals surface area contributed by atoms with Gasteiger partial charge in [0.25, 0.3) is 11.8 Å². The molecule has 0 radical (unpaired) electrons. The van der Waals surface area contributed by atoms with Crippen LogP contribution < -0.4 is 10.2 Å². The van der Waals surface area contributed by atoms with E-state index >= 15 is 0 Å². The maximum absolute atomic E-state index is 13.7. The van der Waals surface area contributed by atoms with Gasteiger partial charge in [0.1, 0.15) is 5.70 Å². The molecule has 1 aliphatic rings. The number of aryl methyl sites for hydroxylation is 4. The molecule has 0 aliphatic carbocycles. The summed E-state index contributed by atoms with van der Waals surface area (Å²) in [6.07, 6.45) is 0. The number of carbonyl (C=O) groups is 2. The minimum atomic E-state index is -0.338. The number of nitrogens with one attached hydrogen (secondary N) is 1. The predicted molar refractivity (Wildman–Crippen MR) is 135 cm³/mol. The molecule has 3 aromatic carbocycles. The highest BCUT2D eigenvalue weighted by Gasteiger charge is 2.41. The largest absolute Gasteiger partial charge is 0.350 e. The minimum Gasteiger partial charge on any atom is -0.350 e. The van der Waals surface area contributed by atoms with Crippen LogP contribution in [0.25, 0.3) is 5.57 Å². The van der Waals surface area contributed by atoms with E-state index in [1.165, 1.54) is 10.5 Å². The summed E-state index contributed by atoms with van der Waals surface area (Å²) in [5.74, 6) is -0.228. The first-order valence-corrected chi connectivity index (χ1v) is 11.3. The molecule has 4 heteroatoms. The van der Waals surface area contributed by atoms with Crippen LogP contribution in [0.1, 0.15) is 53.1 Å². The zero-order valence-electron chi connectivity index (χ0n) is 20.1. The summed E-state index contributed by atoms with van der Waals surface area (Å²) < 4.78 is 0. The summed E-state index contributed by atoms with van der Waals surface area (Å²) in [5, 5.41) is 3.28. The van der Waals surface area contributed by atoms with Crippen molar-refractivity contribution in [2.45, 2.75) is 47.5 Å². The minimum absolute atomic E-state index is 0.305. The van der Waals surface area contributed by atoms with Gasteiger partial charge in [0.15, 0.2) is 0 Å². The van der Waals surface area contributed by atoms with Crippen LogP contribution in [-0.4, -0.2) is 11.8 Å². The molecule has 0 spiro atoms. The fourth-order valence-electron chi connectivity index (χ4n) is 4.36. The van der Waals surface area contributed by atoms with Crippen LogP contribution in [0, 0.1) is 27.7 Å². The smallest absolute Gasteiger partial charge is 0.282 e. The third-order valence-electron chi connectivity index (χ3n) is 6.18. The number of carbonyl (C=O) groups excluding carboxylic acids is 2. The number of nitrogens with zero attached hydrogens (tertiary/aromatic N) is 1. The molecular formula is C29H30N2O2. The monoisotopic (exact) mass is 438 g/mol. The molecule has 0 saturated carbocycles. The number of imide groups is 1. The van der Waals surface area contributed by atoms with Crippen molar-refractivity contribution in [3.05, 3.63) is 99.7 Å². The van der Waals surface area contributed by atoms with Crippen molar-refractivity contribution in [3.8, 4) is 0 Å². The van der Waals surface area contributed by atoms with Crippen LogP contribution in [0.2, 0.25) is 0 Å². The van der Waals surface area contributed by atoms with Gasteiger partial charge in [-0.3, -0.25) is 9.59 Å². The lowest BCUT2D eigenvalue weighted by atomic mass is 9.97. The molecule has 0 bridgehead atoms. The first kappa shape index (κ1) is 22.5. The summed E-state index contributed by atoms with van der Waals surface area (Å²) in [5.41, 5.74) is 8.14. The molecule has 1 heterocycles. The Morgan fingerprint density at radius 1 is 0.727 bits per heavy atom. The molecule has 4 nitrogen and oxygen atoms in total. The average molecular weight is 439 g/mol. The Bertz CT molecular complexity index is 1280. The molecular weight excluding hydrogens is 408 g/mol. The van der Waals surface area contributed by atoms with Gasteiger partial charge in [-0.05, 0) is 74.1 Å². The molecule has 3 aromatic rings. The lowest BCUT2D eigenvalue weighted by Gasteiger charge is -2.18. The third kappa shape index (κ3) is 4.21. The van der Waals surface area contributed by atoms with Crippen molar-refractivity contribution in [3.63, 3.8) is 0 Å². The van der Waals surface area contributed by atoms with Gasteiger partial charge < -0.3 is 5.32 Å². The summed E-state index contributed by atoms with van der Waals surface area (Å²) in [6, 6.07) is 19.7. The van der Waals surface area contributed by atoms with Crippen molar-refractivity contribution < 1.29 is 9.59 Å². The lowest BCUT2D eigenvalue weighted by molar-refractivity contribution is -0.120. The molecule has 0 aromatic heterocycles. The Morgan fingerprint density at radius 2 is 1.33 bits per heavy atom. The van der Waals surface area contributed by atoms with Gasteiger partial charge in [0.2, 0.25) is 0 Å². The molecule has 33 heavy (non-hydrogen) atoms. The molecule has 168 valence electrons. The van der Waals surface area contributed by atoms with E-state index in [1.807, 2.05) is 88.4 Å². The van der Waals surface area contributed by atoms with Crippen molar-refractivity contribution in [2.75, 3.05) is 10.2 Å². The van der Waals surface area contributed by atoms with E-state index in [2.05, 4.69) is 19.2 Å². The summed E-state index contributed by atoms with van der Waals surface area (Å²) in [6.45, 7) is 12.2. The predicted octanol–water partition coefficient (Wildman–Crippen LogP) is 6.44. The first-order valence-electron chi connectivity index (χ1n) is 11.3. The van der Waals surface area contributed by atoms with Crippen LogP contribution in [0.3, 0.4) is 0 Å². The van der Waals surface area contributed by atoms with E-state index in [1.54, 1.807) is 0 Å². The topological polar surface area (TPSA) is 49.4 Å². The number of amides is 2. The zero-order valence-corrected chi connectivity index (χ0v) is 20.1. The van der Waals surface area contributed by atoms with Crippen LogP contribution in [0.4, 0.5) is 11.4 Å². The van der Waals surface area contributed by atoms with E-state index in [9.17, 15) is 9.59 Å². The fourth-order valence-corrected chi connectivity index (χ4v) is 4.36. The van der Waals surface area contributed by atoms with Crippen molar-refractivity contribution in [2.24, 2.45) is 0 Å². The van der Waals surface area contributed by atoms with Gasteiger partial charge in [-0.15, -0.1) is 0 Å². The second kappa shape index (κ2) is 8.70. The van der Waals surface area contributed by atoms with E-state index in [0.717, 1.165) is 33.5 Å². The van der Waals surface area contributed by atoms with Gasteiger partial charge in [0, 0.05) is 5.69 Å². The molecule has 0 unspecified atom stereocenters. The van der Waals surface area contributed by atoms with Crippen LogP contribution in [0.15, 0.2) is 66.4 Å². The number of hydrogen-bond donors (Lipinski definition) is 1. The Hall–Kier alpha value is -3.66. The van der Waals surface area contributed by atoms with E-state index in [4.69, 9.17) is 0 Å². The summed E-state index contributed by atoms with van der Waals surface area (Å²) >= 11 is 0. The molecule has 1 aliphatic heterocycles. The molecule has 1 N–H and O–H groups in total. The first-order chi connectivity index (χ1) is 15.7. The van der Waals surface area contributed by atoms with Crippen LogP contribution in [-0.2, 0) is 9.59 Å². The van der Waals surface area contributed by atoms with E-state index < -0.39 is 0 Å². The van der Waals surface area contributed by atoms with Gasteiger partial charge >= 0.3 is 0 Å². The van der Waals surface area contributed by atoms with Crippen molar-refractivity contribution in [1.82, 2.24) is 0 Å². The number of anilines is 2. The summed E-state index contributed by atoms with van der Waals surface area (Å²) in [7, 11) is 0. The second-order valence-electron chi connectivity index (χ2n) is 9.21. The Balaban J connectivity index is 1.83. The SMILES string of the molecule is Cc1ccc(C2=C(Nc3ccc(C(C)C)cc3)C(=O)N(c3ccc(C)cc3C)C2=O)c(C)c1. The number of hydrogen-bond acceptors (Lipinski definition) is 3. The maximum Gasteiger partial charge on any atom is 0.282 e. The molecule has 0 fully saturated rings. The van der Waals surface area contributed by atoms with Gasteiger partial charge in [0.05, 0.1) is 11.3 Å². The van der Waals surface area contributed by atoms with E-state index in [-0.39, 0.29) is 11.8 Å². The number of rotatable bonds is 5. The highest BCUT2D eigenvalue weighted by atomic mass is 16.2. The third-order valence-corrected chi connectivity index (χ3v) is 6.18. The van der Waals surface area contributed by atoms with Crippen LogP contribution >= 0.6 is 0 Å². The van der Waals surface area contributed by atoms with Gasteiger partial charge in [-0.2, -0.15) is 0 Å². The molecule has 0 saturated heterocycles. The summed E-state index contributed by atoms with van der Waals surface area (Å²) in [4.78, 5) is 28.7. The fraction of sp³-hybridized carbons (Fsp3) is 0.241. The van der Waals surface area contributed by atoms with Gasteiger partial charge in [-0.25, -0.2) is 4.90 Å². The average Bonchev–Trinajstić information content (AvgIpc) is 2.99. The normalized spacial score (nSPS) is 14.0. The Kier molecular flexibility index (Phi) is 5.94. The quantitative estimate of drug-likeness (QED) is 0.466. The van der Waals surface area contributed by atoms with E-state index in [0.29, 0.717) is 22.9 Å². The van der Waals surface area contributed by atoms with Crippen molar-refractivity contribution >= 4 is 28.8 Å². The molecule has 0 atom stereocenters. The standard InChI is InChI=1S/C29H30N2O2/c1-17(2)22-9-11-23(12-10-22)30-27-26(24-13-7-18(3)15-20(24)5)28(32)31(29(27)33)25-14-8-19(4)16-21(25)6/h7-17,30H,1-6H3. The van der Waals surface area contributed by atoms with Crippen LogP contribution in [0.5, 0.6) is 0 Å². The lowest BCUT2D eigenvalue weighted by Crippen LogP contribution is -2.33. The van der Waals surface area contributed by atoms with Gasteiger partial charge in [-0.1, -0.05) is 67.4 Å². The Morgan fingerprint density at radius 3 is 1.91 bits per heavy atom. The number of benzene rings is 3. The second-order valence-corrected chi connectivity index (χ2v) is 9.21. The highest BCUT2D eigenvalue weighted by molar-refractivity contribution is 6.46. The Labute approximate surface area is 195 Å². The zero-order chi connectivity index (χ0) is 23.9.